The zero-order chi connectivity index (χ0) is 19.5. The summed E-state index contributed by atoms with van der Waals surface area (Å²) in [5, 5.41) is 5.09. The molecule has 1 fully saturated rings. The Kier molecular flexibility index (Phi) is 5.49. The summed E-state index contributed by atoms with van der Waals surface area (Å²) in [6, 6.07) is 32.6. The molecule has 0 aliphatic carbocycles. The summed E-state index contributed by atoms with van der Waals surface area (Å²) in [6.07, 6.45) is 2.30. The molecule has 1 atom stereocenters. The SMILES string of the molecule is C[Si](C)(OC(c1ccccc1)(c1ccccc1)[C@@H]1CCCN1)c1ccccc1. The fraction of sp³-hybridized carbons (Fsp3) is 0.280. The molecule has 1 heterocycles. The molecule has 3 aromatic carbocycles. The van der Waals surface area contributed by atoms with Gasteiger partial charge in [-0.3, -0.25) is 0 Å². The number of hydrogen-bond acceptors (Lipinski definition) is 2. The summed E-state index contributed by atoms with van der Waals surface area (Å²) < 4.78 is 7.34. The summed E-state index contributed by atoms with van der Waals surface area (Å²) in [7, 11) is -2.19. The van der Waals surface area contributed by atoms with Crippen LogP contribution in [0.25, 0.3) is 0 Å². The van der Waals surface area contributed by atoms with Crippen molar-refractivity contribution < 1.29 is 4.43 Å². The molecule has 3 aromatic rings. The summed E-state index contributed by atoms with van der Waals surface area (Å²) in [6.45, 7) is 5.68. The first-order valence-electron chi connectivity index (χ1n) is 10.2. The van der Waals surface area contributed by atoms with Crippen LogP contribution in [0.15, 0.2) is 91.0 Å². The van der Waals surface area contributed by atoms with Crippen molar-refractivity contribution in [1.29, 1.82) is 0 Å². The van der Waals surface area contributed by atoms with Crippen LogP contribution >= 0.6 is 0 Å². The Bertz CT molecular complexity index is 835. The predicted octanol–water partition coefficient (Wildman–Crippen LogP) is 4.81. The molecule has 0 bridgehead atoms. The molecule has 0 aromatic heterocycles. The van der Waals surface area contributed by atoms with E-state index in [2.05, 4.69) is 109 Å². The van der Waals surface area contributed by atoms with Gasteiger partial charge in [0.1, 0.15) is 5.60 Å². The molecular weight excluding hydrogens is 358 g/mol. The van der Waals surface area contributed by atoms with E-state index >= 15 is 0 Å². The van der Waals surface area contributed by atoms with Gasteiger partial charge in [-0.05, 0) is 48.8 Å². The molecule has 0 spiro atoms. The molecule has 0 saturated carbocycles. The largest absolute Gasteiger partial charge is 0.398 e. The van der Waals surface area contributed by atoms with Gasteiger partial charge in [0.05, 0.1) is 0 Å². The van der Waals surface area contributed by atoms with Crippen molar-refractivity contribution in [3.05, 3.63) is 102 Å². The number of nitrogens with one attached hydrogen (secondary N) is 1. The van der Waals surface area contributed by atoms with Crippen LogP contribution < -0.4 is 10.5 Å². The van der Waals surface area contributed by atoms with Crippen molar-refractivity contribution in [2.75, 3.05) is 6.54 Å². The first kappa shape index (κ1) is 19.1. The Labute approximate surface area is 169 Å². The number of rotatable bonds is 6. The molecule has 28 heavy (non-hydrogen) atoms. The minimum atomic E-state index is -2.19. The molecule has 0 amide bonds. The van der Waals surface area contributed by atoms with Crippen molar-refractivity contribution in [3.8, 4) is 0 Å². The molecule has 1 aliphatic rings. The van der Waals surface area contributed by atoms with Crippen LogP contribution in [0.1, 0.15) is 24.0 Å². The number of hydrogen-bond donors (Lipinski definition) is 1. The van der Waals surface area contributed by atoms with Crippen molar-refractivity contribution in [1.82, 2.24) is 5.32 Å². The van der Waals surface area contributed by atoms with Crippen LogP contribution in [0.4, 0.5) is 0 Å². The lowest BCUT2D eigenvalue weighted by atomic mass is 9.79. The van der Waals surface area contributed by atoms with Gasteiger partial charge in [0.25, 0.3) is 0 Å². The van der Waals surface area contributed by atoms with Crippen LogP contribution in [-0.2, 0) is 10.0 Å². The molecule has 0 radical (unpaired) electrons. The first-order valence-corrected chi connectivity index (χ1v) is 13.1. The number of benzene rings is 3. The van der Waals surface area contributed by atoms with E-state index in [1.165, 1.54) is 22.7 Å². The van der Waals surface area contributed by atoms with Gasteiger partial charge in [0, 0.05) is 6.04 Å². The van der Waals surface area contributed by atoms with E-state index in [-0.39, 0.29) is 6.04 Å². The molecule has 3 heteroatoms. The Balaban J connectivity index is 1.90. The van der Waals surface area contributed by atoms with Gasteiger partial charge >= 0.3 is 0 Å². The maximum atomic E-state index is 7.34. The van der Waals surface area contributed by atoms with Crippen LogP contribution in [0.2, 0.25) is 13.1 Å². The Morgan fingerprint density at radius 3 is 1.75 bits per heavy atom. The van der Waals surface area contributed by atoms with E-state index in [1.54, 1.807) is 0 Å². The van der Waals surface area contributed by atoms with Gasteiger partial charge in [-0.15, -0.1) is 0 Å². The molecule has 1 N–H and O–H groups in total. The van der Waals surface area contributed by atoms with E-state index in [0.717, 1.165) is 13.0 Å². The highest BCUT2D eigenvalue weighted by Crippen LogP contribution is 2.42. The lowest BCUT2D eigenvalue weighted by molar-refractivity contribution is 0.0660. The highest BCUT2D eigenvalue weighted by Gasteiger charge is 2.48. The quantitative estimate of drug-likeness (QED) is 0.613. The van der Waals surface area contributed by atoms with Gasteiger partial charge in [-0.1, -0.05) is 91.0 Å². The Hall–Kier alpha value is -2.20. The second-order valence-electron chi connectivity index (χ2n) is 8.10. The second-order valence-corrected chi connectivity index (χ2v) is 11.9. The van der Waals surface area contributed by atoms with E-state index < -0.39 is 13.9 Å². The fourth-order valence-electron chi connectivity index (χ4n) is 4.46. The van der Waals surface area contributed by atoms with E-state index in [9.17, 15) is 0 Å². The van der Waals surface area contributed by atoms with Crippen LogP contribution in [0.3, 0.4) is 0 Å². The van der Waals surface area contributed by atoms with Crippen LogP contribution in [0.5, 0.6) is 0 Å². The first-order chi connectivity index (χ1) is 13.6. The normalized spacial score (nSPS) is 17.6. The smallest absolute Gasteiger partial charge is 0.219 e. The maximum Gasteiger partial charge on any atom is 0.219 e. The molecule has 1 aliphatic heterocycles. The molecular formula is C25H29NOSi. The van der Waals surface area contributed by atoms with Crippen molar-refractivity contribution in [2.45, 2.75) is 37.6 Å². The lowest BCUT2D eigenvalue weighted by Gasteiger charge is -2.45. The average Bonchev–Trinajstić information content (AvgIpc) is 3.29. The van der Waals surface area contributed by atoms with Crippen LogP contribution in [-0.4, -0.2) is 20.9 Å². The molecule has 0 unspecified atom stereocenters. The highest BCUT2D eigenvalue weighted by atomic mass is 28.4. The highest BCUT2D eigenvalue weighted by molar-refractivity contribution is 6.84. The van der Waals surface area contributed by atoms with E-state index in [1.807, 2.05) is 0 Å². The predicted molar refractivity (Wildman–Crippen MR) is 119 cm³/mol. The standard InChI is InChI=1S/C25H29NOSi/c1-28(2,23-17-10-5-11-18-23)27-25(24-19-12-20-26-24,21-13-6-3-7-14-21)22-15-8-4-9-16-22/h3-11,13-18,24,26H,12,19-20H2,1-2H3/t24-/m0/s1. The topological polar surface area (TPSA) is 21.3 Å². The third-order valence-corrected chi connectivity index (χ3v) is 8.40. The van der Waals surface area contributed by atoms with Gasteiger partial charge < -0.3 is 9.74 Å². The van der Waals surface area contributed by atoms with E-state index in [0.29, 0.717) is 0 Å². The van der Waals surface area contributed by atoms with E-state index in [4.69, 9.17) is 4.43 Å². The van der Waals surface area contributed by atoms with Gasteiger partial charge in [-0.25, -0.2) is 0 Å². The molecule has 1 saturated heterocycles. The summed E-state index contributed by atoms with van der Waals surface area (Å²) >= 11 is 0. The van der Waals surface area contributed by atoms with Crippen molar-refractivity contribution in [3.63, 3.8) is 0 Å². The third kappa shape index (κ3) is 3.58. The zero-order valence-electron chi connectivity index (χ0n) is 16.8. The minimum Gasteiger partial charge on any atom is -0.398 e. The molecule has 4 rings (SSSR count). The molecule has 2 nitrogen and oxygen atoms in total. The van der Waals surface area contributed by atoms with Gasteiger partial charge in [0.2, 0.25) is 8.32 Å². The minimum absolute atomic E-state index is 0.257. The summed E-state index contributed by atoms with van der Waals surface area (Å²) in [5.74, 6) is 0. The van der Waals surface area contributed by atoms with Gasteiger partial charge in [0.15, 0.2) is 0 Å². The zero-order valence-corrected chi connectivity index (χ0v) is 17.8. The fourth-order valence-corrected chi connectivity index (χ4v) is 6.76. The lowest BCUT2D eigenvalue weighted by Crippen LogP contribution is -2.57. The monoisotopic (exact) mass is 387 g/mol. The van der Waals surface area contributed by atoms with Crippen molar-refractivity contribution in [2.24, 2.45) is 0 Å². The van der Waals surface area contributed by atoms with Crippen molar-refractivity contribution >= 4 is 13.5 Å². The summed E-state index contributed by atoms with van der Waals surface area (Å²) in [4.78, 5) is 0. The van der Waals surface area contributed by atoms with Crippen LogP contribution in [0, 0.1) is 0 Å². The Morgan fingerprint density at radius 2 is 1.29 bits per heavy atom. The Morgan fingerprint density at radius 1 is 0.786 bits per heavy atom. The molecule has 144 valence electrons. The maximum absolute atomic E-state index is 7.34. The summed E-state index contributed by atoms with van der Waals surface area (Å²) in [5.41, 5.74) is 1.97. The average molecular weight is 388 g/mol. The third-order valence-electron chi connectivity index (χ3n) is 5.84. The van der Waals surface area contributed by atoms with Gasteiger partial charge in [-0.2, -0.15) is 0 Å². The second kappa shape index (κ2) is 8.04.